The van der Waals surface area contributed by atoms with Gasteiger partial charge in [-0.2, -0.15) is 0 Å². The molecule has 0 saturated heterocycles. The van der Waals surface area contributed by atoms with E-state index < -0.39 is 0 Å². The molecule has 1 aliphatic rings. The van der Waals surface area contributed by atoms with Crippen LogP contribution in [0.15, 0.2) is 0 Å². The molecular weight excluding hydrogens is 222 g/mol. The molecule has 0 heterocycles. The van der Waals surface area contributed by atoms with Crippen LogP contribution < -0.4 is 0 Å². The molecule has 2 nitrogen and oxygen atoms in total. The summed E-state index contributed by atoms with van der Waals surface area (Å²) in [5.41, 5.74) is 0.694. The first-order valence-electron chi connectivity index (χ1n) is 7.41. The summed E-state index contributed by atoms with van der Waals surface area (Å²) in [6.07, 6.45) is 3.17. The molecule has 0 aromatic heterocycles. The SMILES string of the molecule is CC(N(C)CC1CC(C)(C)CCC1O)C(C)(C)C. The third-order valence-electron chi connectivity index (χ3n) is 4.91. The van der Waals surface area contributed by atoms with Crippen LogP contribution in [0.5, 0.6) is 0 Å². The molecule has 0 radical (unpaired) electrons. The maximum atomic E-state index is 10.2. The van der Waals surface area contributed by atoms with E-state index in [1.807, 2.05) is 0 Å². The van der Waals surface area contributed by atoms with Crippen molar-refractivity contribution < 1.29 is 5.11 Å². The first-order valence-corrected chi connectivity index (χ1v) is 7.41. The molecule has 18 heavy (non-hydrogen) atoms. The molecule has 1 saturated carbocycles. The number of rotatable bonds is 3. The van der Waals surface area contributed by atoms with E-state index >= 15 is 0 Å². The average molecular weight is 255 g/mol. The molecule has 0 bridgehead atoms. The Bertz CT molecular complexity index is 267. The van der Waals surface area contributed by atoms with Gasteiger partial charge in [0, 0.05) is 12.6 Å². The Morgan fingerprint density at radius 3 is 2.39 bits per heavy atom. The topological polar surface area (TPSA) is 23.5 Å². The van der Waals surface area contributed by atoms with Gasteiger partial charge in [-0.25, -0.2) is 0 Å². The number of aliphatic hydroxyl groups excluding tert-OH is 1. The van der Waals surface area contributed by atoms with Gasteiger partial charge in [0.15, 0.2) is 0 Å². The van der Waals surface area contributed by atoms with E-state index in [2.05, 4.69) is 53.5 Å². The zero-order valence-corrected chi connectivity index (χ0v) is 13.5. The molecule has 1 fully saturated rings. The van der Waals surface area contributed by atoms with Crippen LogP contribution in [0.1, 0.15) is 60.8 Å². The van der Waals surface area contributed by atoms with Crippen molar-refractivity contribution >= 4 is 0 Å². The molecule has 1 N–H and O–H groups in total. The van der Waals surface area contributed by atoms with Crippen LogP contribution in [-0.4, -0.2) is 35.7 Å². The van der Waals surface area contributed by atoms with Gasteiger partial charge in [0.05, 0.1) is 6.10 Å². The lowest BCUT2D eigenvalue weighted by Gasteiger charge is -2.43. The van der Waals surface area contributed by atoms with Crippen molar-refractivity contribution in [2.75, 3.05) is 13.6 Å². The molecule has 2 heteroatoms. The van der Waals surface area contributed by atoms with Gasteiger partial charge in [0.25, 0.3) is 0 Å². The summed E-state index contributed by atoms with van der Waals surface area (Å²) in [6, 6.07) is 0.537. The fraction of sp³-hybridized carbons (Fsp3) is 1.00. The second kappa shape index (κ2) is 5.50. The summed E-state index contributed by atoms with van der Waals surface area (Å²) in [5, 5.41) is 10.2. The largest absolute Gasteiger partial charge is 0.393 e. The van der Waals surface area contributed by atoms with Crippen LogP contribution in [0.4, 0.5) is 0 Å². The van der Waals surface area contributed by atoms with Crippen molar-refractivity contribution in [1.82, 2.24) is 4.90 Å². The molecule has 1 rings (SSSR count). The zero-order chi connectivity index (χ0) is 14.1. The molecule has 3 unspecified atom stereocenters. The number of nitrogens with zero attached hydrogens (tertiary/aromatic N) is 1. The van der Waals surface area contributed by atoms with Gasteiger partial charge in [-0.3, -0.25) is 0 Å². The van der Waals surface area contributed by atoms with Crippen LogP contribution >= 0.6 is 0 Å². The van der Waals surface area contributed by atoms with Crippen molar-refractivity contribution in [3.05, 3.63) is 0 Å². The Balaban J connectivity index is 2.60. The Labute approximate surface area is 114 Å². The fourth-order valence-electron chi connectivity index (χ4n) is 3.10. The zero-order valence-electron chi connectivity index (χ0n) is 13.5. The highest BCUT2D eigenvalue weighted by Gasteiger charge is 2.35. The second-order valence-corrected chi connectivity index (χ2v) is 8.22. The van der Waals surface area contributed by atoms with Gasteiger partial charge >= 0.3 is 0 Å². The van der Waals surface area contributed by atoms with Crippen LogP contribution in [0.3, 0.4) is 0 Å². The third-order valence-corrected chi connectivity index (χ3v) is 4.91. The van der Waals surface area contributed by atoms with Gasteiger partial charge < -0.3 is 10.0 Å². The number of hydrogen-bond acceptors (Lipinski definition) is 2. The lowest BCUT2D eigenvalue weighted by Crippen LogP contribution is -2.46. The van der Waals surface area contributed by atoms with Crippen molar-refractivity contribution in [1.29, 1.82) is 0 Å². The van der Waals surface area contributed by atoms with Crippen LogP contribution in [0.2, 0.25) is 0 Å². The summed E-state index contributed by atoms with van der Waals surface area (Å²) in [4.78, 5) is 2.43. The Kier molecular flexibility index (Phi) is 4.88. The Morgan fingerprint density at radius 2 is 1.89 bits per heavy atom. The number of hydrogen-bond donors (Lipinski definition) is 1. The highest BCUT2D eigenvalue weighted by molar-refractivity contribution is 4.88. The smallest absolute Gasteiger partial charge is 0.0581 e. The van der Waals surface area contributed by atoms with E-state index in [4.69, 9.17) is 0 Å². The molecular formula is C16H33NO. The first kappa shape index (κ1) is 16.0. The summed E-state index contributed by atoms with van der Waals surface area (Å²) in [7, 11) is 2.20. The minimum absolute atomic E-state index is 0.104. The summed E-state index contributed by atoms with van der Waals surface area (Å²) < 4.78 is 0. The molecule has 1 aliphatic carbocycles. The Morgan fingerprint density at radius 1 is 1.33 bits per heavy atom. The molecule has 0 amide bonds. The van der Waals surface area contributed by atoms with Gasteiger partial charge in [-0.15, -0.1) is 0 Å². The fourth-order valence-corrected chi connectivity index (χ4v) is 3.10. The van der Waals surface area contributed by atoms with E-state index in [0.717, 1.165) is 25.8 Å². The van der Waals surface area contributed by atoms with E-state index in [9.17, 15) is 5.11 Å². The minimum Gasteiger partial charge on any atom is -0.393 e. The molecule has 108 valence electrons. The maximum absolute atomic E-state index is 10.2. The van der Waals surface area contributed by atoms with Gasteiger partial charge in [0.1, 0.15) is 0 Å². The Hall–Kier alpha value is -0.0800. The highest BCUT2D eigenvalue weighted by atomic mass is 16.3. The van der Waals surface area contributed by atoms with E-state index in [1.165, 1.54) is 0 Å². The average Bonchev–Trinajstić information content (AvgIpc) is 2.20. The lowest BCUT2D eigenvalue weighted by molar-refractivity contribution is -0.00491. The summed E-state index contributed by atoms with van der Waals surface area (Å²) in [5.74, 6) is 0.434. The van der Waals surface area contributed by atoms with E-state index in [0.29, 0.717) is 22.8 Å². The number of aliphatic hydroxyl groups is 1. The molecule has 0 aromatic carbocycles. The van der Waals surface area contributed by atoms with Crippen LogP contribution in [0.25, 0.3) is 0 Å². The normalized spacial score (nSPS) is 30.5. The van der Waals surface area contributed by atoms with Gasteiger partial charge in [-0.1, -0.05) is 34.6 Å². The standard InChI is InChI=1S/C16H33NO/c1-12(15(2,3)4)17(7)11-13-10-16(5,6)9-8-14(13)18/h12-14,18H,8-11H2,1-7H3. The van der Waals surface area contributed by atoms with E-state index in [1.54, 1.807) is 0 Å². The predicted octanol–water partition coefficient (Wildman–Crippen LogP) is 3.54. The minimum atomic E-state index is -0.104. The maximum Gasteiger partial charge on any atom is 0.0581 e. The molecule has 0 aromatic rings. The first-order chi connectivity index (χ1) is 8.03. The molecule has 0 aliphatic heterocycles. The third kappa shape index (κ3) is 4.24. The summed E-state index contributed by atoms with van der Waals surface area (Å²) in [6.45, 7) is 14.8. The van der Waals surface area contributed by atoms with Gasteiger partial charge in [0.2, 0.25) is 0 Å². The van der Waals surface area contributed by atoms with Crippen molar-refractivity contribution in [3.63, 3.8) is 0 Å². The van der Waals surface area contributed by atoms with Crippen molar-refractivity contribution in [3.8, 4) is 0 Å². The van der Waals surface area contributed by atoms with Crippen molar-refractivity contribution in [2.45, 2.75) is 73.0 Å². The predicted molar refractivity (Wildman–Crippen MR) is 78.7 cm³/mol. The summed E-state index contributed by atoms with van der Waals surface area (Å²) >= 11 is 0. The molecule has 0 spiro atoms. The monoisotopic (exact) mass is 255 g/mol. The van der Waals surface area contributed by atoms with Crippen LogP contribution in [-0.2, 0) is 0 Å². The van der Waals surface area contributed by atoms with E-state index in [-0.39, 0.29) is 6.10 Å². The van der Waals surface area contributed by atoms with Gasteiger partial charge in [-0.05, 0) is 50.0 Å². The molecule has 3 atom stereocenters. The second-order valence-electron chi connectivity index (χ2n) is 8.22. The van der Waals surface area contributed by atoms with Crippen molar-refractivity contribution in [2.24, 2.45) is 16.7 Å². The quantitative estimate of drug-likeness (QED) is 0.834. The van der Waals surface area contributed by atoms with Crippen LogP contribution in [0, 0.1) is 16.7 Å². The highest BCUT2D eigenvalue weighted by Crippen LogP contribution is 2.39. The lowest BCUT2D eigenvalue weighted by atomic mass is 9.70.